The molecular weight excluding hydrogens is 324 g/mol. The van der Waals surface area contributed by atoms with Crippen LogP contribution in [-0.2, 0) is 14.4 Å². The molecule has 0 aromatic carbocycles. The highest BCUT2D eigenvalue weighted by molar-refractivity contribution is 6.10. The van der Waals surface area contributed by atoms with E-state index in [9.17, 15) is 29.7 Å². The Kier molecular flexibility index (Phi) is 6.39. The van der Waals surface area contributed by atoms with E-state index in [0.29, 0.717) is 31.3 Å². The van der Waals surface area contributed by atoms with Gasteiger partial charge in [-0.15, -0.1) is 0 Å². The number of aliphatic carboxylic acids is 3. The van der Waals surface area contributed by atoms with Crippen molar-refractivity contribution in [1.82, 2.24) is 0 Å². The first-order valence-electron chi connectivity index (χ1n) is 9.04. The lowest BCUT2D eigenvalue weighted by Gasteiger charge is -2.31. The summed E-state index contributed by atoms with van der Waals surface area (Å²) in [6.45, 7) is 0. The van der Waals surface area contributed by atoms with Gasteiger partial charge in [0.2, 0.25) is 0 Å². The van der Waals surface area contributed by atoms with Gasteiger partial charge in [-0.05, 0) is 56.1 Å². The largest absolute Gasteiger partial charge is 0.480 e. The van der Waals surface area contributed by atoms with Crippen LogP contribution < -0.4 is 0 Å². The highest BCUT2D eigenvalue weighted by Gasteiger charge is 2.54. The predicted molar refractivity (Wildman–Crippen MR) is 91.2 cm³/mol. The van der Waals surface area contributed by atoms with E-state index >= 15 is 0 Å². The monoisotopic (exact) mass is 350 g/mol. The third kappa shape index (κ3) is 3.94. The molecule has 0 atom stereocenters. The summed E-state index contributed by atoms with van der Waals surface area (Å²) in [5, 5.41) is 29.2. The number of carboxylic acid groups (broad SMARTS) is 3. The summed E-state index contributed by atoms with van der Waals surface area (Å²) in [5.41, 5.74) is -1.52. The molecule has 0 aromatic rings. The normalized spacial score (nSPS) is 27.0. The van der Waals surface area contributed by atoms with Crippen LogP contribution in [0, 0.1) is 5.41 Å². The summed E-state index contributed by atoms with van der Waals surface area (Å²) in [5.74, 6) is -4.59. The maximum atomic E-state index is 12.0. The molecule has 0 spiro atoms. The van der Waals surface area contributed by atoms with Gasteiger partial charge >= 0.3 is 17.9 Å². The van der Waals surface area contributed by atoms with Gasteiger partial charge in [0.15, 0.2) is 5.41 Å². The van der Waals surface area contributed by atoms with Crippen molar-refractivity contribution in [2.75, 3.05) is 0 Å². The smallest absolute Gasteiger partial charge is 0.333 e. The van der Waals surface area contributed by atoms with Crippen LogP contribution in [0.4, 0.5) is 0 Å². The molecule has 6 nitrogen and oxygen atoms in total. The Labute approximate surface area is 147 Å². The van der Waals surface area contributed by atoms with Crippen LogP contribution in [0.2, 0.25) is 0 Å². The van der Waals surface area contributed by atoms with Crippen LogP contribution in [0.25, 0.3) is 0 Å². The van der Waals surface area contributed by atoms with Crippen LogP contribution in [0.5, 0.6) is 0 Å². The van der Waals surface area contributed by atoms with Crippen molar-refractivity contribution in [2.24, 2.45) is 5.41 Å². The second-order valence-electron chi connectivity index (χ2n) is 6.92. The van der Waals surface area contributed by atoms with Gasteiger partial charge in [0.05, 0.1) is 5.57 Å². The molecule has 2 rings (SSSR count). The highest BCUT2D eigenvalue weighted by Crippen LogP contribution is 2.43. The van der Waals surface area contributed by atoms with Gasteiger partial charge in [0, 0.05) is 0 Å². The average molecular weight is 350 g/mol. The van der Waals surface area contributed by atoms with Gasteiger partial charge < -0.3 is 15.3 Å². The van der Waals surface area contributed by atoms with E-state index in [4.69, 9.17) is 0 Å². The summed E-state index contributed by atoms with van der Waals surface area (Å²) in [6, 6.07) is 0. The molecule has 0 saturated carbocycles. The maximum Gasteiger partial charge on any atom is 0.333 e. The third-order valence-corrected chi connectivity index (χ3v) is 5.33. The zero-order valence-electron chi connectivity index (χ0n) is 14.4. The van der Waals surface area contributed by atoms with E-state index in [1.807, 2.05) is 6.08 Å². The van der Waals surface area contributed by atoms with Crippen LogP contribution in [-0.4, -0.2) is 33.2 Å². The molecule has 0 radical (unpaired) electrons. The Balaban J connectivity index is 2.70. The lowest BCUT2D eigenvalue weighted by molar-refractivity contribution is -0.164. The second-order valence-corrected chi connectivity index (χ2v) is 6.92. The van der Waals surface area contributed by atoms with Crippen molar-refractivity contribution < 1.29 is 29.7 Å². The van der Waals surface area contributed by atoms with Crippen molar-refractivity contribution in [3.8, 4) is 0 Å². The van der Waals surface area contributed by atoms with Crippen LogP contribution >= 0.6 is 0 Å². The van der Waals surface area contributed by atoms with Crippen molar-refractivity contribution >= 4 is 17.9 Å². The summed E-state index contributed by atoms with van der Waals surface area (Å²) in [7, 11) is 0. The number of carbonyl (C=O) groups is 3. The Morgan fingerprint density at radius 2 is 1.40 bits per heavy atom. The fourth-order valence-electron chi connectivity index (χ4n) is 3.99. The summed E-state index contributed by atoms with van der Waals surface area (Å²) in [6.07, 6.45) is 9.68. The predicted octanol–water partition coefficient (Wildman–Crippen LogP) is 3.77. The molecule has 3 N–H and O–H groups in total. The molecule has 2 aliphatic rings. The van der Waals surface area contributed by atoms with Crippen LogP contribution in [0.1, 0.15) is 70.6 Å². The van der Waals surface area contributed by atoms with Gasteiger partial charge in [0.1, 0.15) is 0 Å². The second kappa shape index (κ2) is 8.32. The van der Waals surface area contributed by atoms with Gasteiger partial charge in [-0.3, -0.25) is 9.59 Å². The lowest BCUT2D eigenvalue weighted by Crippen LogP contribution is -2.44. The van der Waals surface area contributed by atoms with Crippen molar-refractivity contribution in [1.29, 1.82) is 0 Å². The number of allylic oxidation sites excluding steroid dienone is 3. The average Bonchev–Trinajstić information content (AvgIpc) is 2.46. The molecule has 0 unspecified atom stereocenters. The SMILES string of the molecule is O=C(O)/C1=C(\C2=C/CCCCCC2)CCCCCC1(C(=O)O)C(=O)O. The van der Waals surface area contributed by atoms with E-state index in [0.717, 1.165) is 44.1 Å². The minimum absolute atomic E-state index is 0.184. The number of hydrogen-bond donors (Lipinski definition) is 3. The highest BCUT2D eigenvalue weighted by atomic mass is 16.4. The summed E-state index contributed by atoms with van der Waals surface area (Å²) < 4.78 is 0. The molecule has 0 heterocycles. The number of carboxylic acids is 3. The summed E-state index contributed by atoms with van der Waals surface area (Å²) >= 11 is 0. The van der Waals surface area contributed by atoms with Gasteiger partial charge in [-0.25, -0.2) is 4.79 Å². The van der Waals surface area contributed by atoms with Gasteiger partial charge in [-0.2, -0.15) is 0 Å². The van der Waals surface area contributed by atoms with Crippen molar-refractivity contribution in [2.45, 2.75) is 70.6 Å². The molecular formula is C19H26O6. The molecule has 0 fully saturated rings. The van der Waals surface area contributed by atoms with Gasteiger partial charge in [-0.1, -0.05) is 31.8 Å². The standard InChI is InChI=1S/C19H26O6/c20-16(21)15-14(13-9-5-2-1-3-6-10-13)11-7-4-8-12-19(15,17(22)23)18(24)25/h9H,1-8,10-12H2,(H,20,21)(H,22,23)(H,24,25)/b13-9-,15-14+. The van der Waals surface area contributed by atoms with Crippen molar-refractivity contribution in [3.05, 3.63) is 22.8 Å². The Hall–Kier alpha value is -2.11. The third-order valence-electron chi connectivity index (χ3n) is 5.33. The molecule has 25 heavy (non-hydrogen) atoms. The minimum atomic E-state index is -2.37. The lowest BCUT2D eigenvalue weighted by atomic mass is 9.70. The van der Waals surface area contributed by atoms with E-state index < -0.39 is 28.9 Å². The molecule has 6 heteroatoms. The van der Waals surface area contributed by atoms with Gasteiger partial charge in [0.25, 0.3) is 0 Å². The van der Waals surface area contributed by atoms with E-state index in [1.165, 1.54) is 0 Å². The van der Waals surface area contributed by atoms with E-state index in [-0.39, 0.29) is 6.42 Å². The zero-order valence-corrected chi connectivity index (χ0v) is 14.4. The van der Waals surface area contributed by atoms with Crippen LogP contribution in [0.3, 0.4) is 0 Å². The Morgan fingerprint density at radius 3 is 2.04 bits per heavy atom. The van der Waals surface area contributed by atoms with Crippen LogP contribution in [0.15, 0.2) is 22.8 Å². The summed E-state index contributed by atoms with van der Waals surface area (Å²) in [4.78, 5) is 35.9. The molecule has 0 aliphatic heterocycles. The topological polar surface area (TPSA) is 112 Å². The van der Waals surface area contributed by atoms with Crippen molar-refractivity contribution in [3.63, 3.8) is 0 Å². The Bertz CT molecular complexity index is 599. The molecule has 0 saturated heterocycles. The first kappa shape index (κ1) is 19.2. The molecule has 0 amide bonds. The fourth-order valence-corrected chi connectivity index (χ4v) is 3.99. The molecule has 0 bridgehead atoms. The number of rotatable bonds is 4. The number of hydrogen-bond acceptors (Lipinski definition) is 3. The maximum absolute atomic E-state index is 12.0. The zero-order chi connectivity index (χ0) is 18.4. The van der Waals surface area contributed by atoms with E-state index in [1.54, 1.807) is 0 Å². The van der Waals surface area contributed by atoms with E-state index in [2.05, 4.69) is 0 Å². The molecule has 0 aromatic heterocycles. The molecule has 2 aliphatic carbocycles. The first-order chi connectivity index (χ1) is 11.9. The first-order valence-corrected chi connectivity index (χ1v) is 9.04. The quantitative estimate of drug-likeness (QED) is 0.665. The minimum Gasteiger partial charge on any atom is -0.480 e. The Morgan fingerprint density at radius 1 is 0.800 bits per heavy atom. The fraction of sp³-hybridized carbons (Fsp3) is 0.632. The molecule has 138 valence electrons.